The molecule has 1 aromatic carbocycles. The molecular formula is C17H26ClNO. The van der Waals surface area contributed by atoms with Gasteiger partial charge in [0.1, 0.15) is 5.75 Å². The van der Waals surface area contributed by atoms with Crippen LogP contribution in [-0.2, 0) is 6.42 Å². The van der Waals surface area contributed by atoms with E-state index in [4.69, 9.17) is 16.3 Å². The Morgan fingerprint density at radius 3 is 2.75 bits per heavy atom. The maximum atomic E-state index is 6.29. The van der Waals surface area contributed by atoms with Crippen molar-refractivity contribution >= 4 is 11.6 Å². The Bertz CT molecular complexity index is 465. The van der Waals surface area contributed by atoms with Gasteiger partial charge in [-0.2, -0.15) is 0 Å². The van der Waals surface area contributed by atoms with E-state index in [1.54, 1.807) is 0 Å². The highest BCUT2D eigenvalue weighted by Crippen LogP contribution is 2.40. The highest BCUT2D eigenvalue weighted by molar-refractivity contribution is 6.30. The fraction of sp³-hybridized carbons (Fsp3) is 0.647. The molecule has 0 amide bonds. The molecule has 0 spiro atoms. The van der Waals surface area contributed by atoms with E-state index in [9.17, 15) is 0 Å². The molecule has 1 aliphatic rings. The predicted molar refractivity (Wildman–Crippen MR) is 85.8 cm³/mol. The van der Waals surface area contributed by atoms with E-state index in [0.29, 0.717) is 6.04 Å². The minimum atomic E-state index is 0.263. The number of ether oxygens (including phenoxy) is 1. The van der Waals surface area contributed by atoms with Crippen LogP contribution in [0.15, 0.2) is 12.1 Å². The van der Waals surface area contributed by atoms with Gasteiger partial charge in [-0.3, -0.25) is 0 Å². The summed E-state index contributed by atoms with van der Waals surface area (Å²) in [5.74, 6) is 1.06. The van der Waals surface area contributed by atoms with E-state index in [1.165, 1.54) is 11.1 Å². The summed E-state index contributed by atoms with van der Waals surface area (Å²) < 4.78 is 5.86. The highest BCUT2D eigenvalue weighted by Gasteiger charge is 2.26. The average molecular weight is 296 g/mol. The summed E-state index contributed by atoms with van der Waals surface area (Å²) in [7, 11) is 0. The van der Waals surface area contributed by atoms with Gasteiger partial charge >= 0.3 is 0 Å². The molecule has 1 aliphatic heterocycles. The SMILES string of the molecule is CCCNC(CC(C)(C)C)c1cc(Cl)cc2c1OCC2. The fourth-order valence-corrected chi connectivity index (χ4v) is 3.03. The van der Waals surface area contributed by atoms with E-state index in [0.717, 1.165) is 43.2 Å². The zero-order chi connectivity index (χ0) is 14.8. The molecule has 0 saturated heterocycles. The Labute approximate surface area is 127 Å². The van der Waals surface area contributed by atoms with Crippen molar-refractivity contribution in [2.24, 2.45) is 5.41 Å². The van der Waals surface area contributed by atoms with Gasteiger partial charge in [0.2, 0.25) is 0 Å². The number of rotatable bonds is 5. The summed E-state index contributed by atoms with van der Waals surface area (Å²) in [6, 6.07) is 4.42. The first-order valence-electron chi connectivity index (χ1n) is 7.59. The summed E-state index contributed by atoms with van der Waals surface area (Å²) in [6.07, 6.45) is 3.17. The van der Waals surface area contributed by atoms with Crippen molar-refractivity contribution in [1.29, 1.82) is 0 Å². The van der Waals surface area contributed by atoms with Crippen molar-refractivity contribution in [3.8, 4) is 5.75 Å². The molecule has 0 fully saturated rings. The lowest BCUT2D eigenvalue weighted by atomic mass is 9.84. The first-order valence-corrected chi connectivity index (χ1v) is 7.97. The molecule has 0 saturated carbocycles. The Balaban J connectivity index is 2.32. The Hall–Kier alpha value is -0.730. The minimum Gasteiger partial charge on any atom is -0.493 e. The Morgan fingerprint density at radius 2 is 2.10 bits per heavy atom. The minimum absolute atomic E-state index is 0.263. The van der Waals surface area contributed by atoms with Gasteiger partial charge in [0.15, 0.2) is 0 Å². The molecule has 3 heteroatoms. The van der Waals surface area contributed by atoms with Gasteiger partial charge in [0.05, 0.1) is 6.61 Å². The standard InChI is InChI=1S/C17H26ClNO/c1-5-7-19-15(11-17(2,3)4)14-10-13(18)9-12-6-8-20-16(12)14/h9-10,15,19H,5-8,11H2,1-4H3. The van der Waals surface area contributed by atoms with Gasteiger partial charge in [0.25, 0.3) is 0 Å². The van der Waals surface area contributed by atoms with Crippen LogP contribution in [0.3, 0.4) is 0 Å². The lowest BCUT2D eigenvalue weighted by Gasteiger charge is -2.28. The molecule has 0 radical (unpaired) electrons. The lowest BCUT2D eigenvalue weighted by molar-refractivity contribution is 0.300. The van der Waals surface area contributed by atoms with Gasteiger partial charge in [0, 0.05) is 23.0 Å². The first-order chi connectivity index (χ1) is 9.40. The number of hydrogen-bond acceptors (Lipinski definition) is 2. The second-order valence-corrected chi connectivity index (χ2v) is 7.29. The van der Waals surface area contributed by atoms with E-state index in [-0.39, 0.29) is 5.41 Å². The van der Waals surface area contributed by atoms with Gasteiger partial charge < -0.3 is 10.1 Å². The molecule has 1 unspecified atom stereocenters. The molecule has 0 aliphatic carbocycles. The van der Waals surface area contributed by atoms with Crippen molar-refractivity contribution in [2.75, 3.05) is 13.2 Å². The van der Waals surface area contributed by atoms with Gasteiger partial charge in [-0.1, -0.05) is 39.3 Å². The second-order valence-electron chi connectivity index (χ2n) is 6.85. The number of benzene rings is 1. The average Bonchev–Trinajstić information content (AvgIpc) is 2.80. The van der Waals surface area contributed by atoms with Gasteiger partial charge in [-0.15, -0.1) is 0 Å². The van der Waals surface area contributed by atoms with Crippen molar-refractivity contribution in [3.63, 3.8) is 0 Å². The van der Waals surface area contributed by atoms with E-state index >= 15 is 0 Å². The molecule has 1 atom stereocenters. The van der Waals surface area contributed by atoms with Crippen molar-refractivity contribution < 1.29 is 4.74 Å². The number of hydrogen-bond donors (Lipinski definition) is 1. The first kappa shape index (κ1) is 15.7. The van der Waals surface area contributed by atoms with Crippen LogP contribution in [0.2, 0.25) is 5.02 Å². The summed E-state index contributed by atoms with van der Waals surface area (Å²) >= 11 is 6.29. The Morgan fingerprint density at radius 1 is 1.35 bits per heavy atom. The predicted octanol–water partition coefficient (Wildman–Crippen LogP) is 4.75. The molecule has 1 heterocycles. The molecular weight excluding hydrogens is 270 g/mol. The molecule has 2 nitrogen and oxygen atoms in total. The smallest absolute Gasteiger partial charge is 0.127 e. The van der Waals surface area contributed by atoms with Crippen molar-refractivity contribution in [3.05, 3.63) is 28.3 Å². The topological polar surface area (TPSA) is 21.3 Å². The highest BCUT2D eigenvalue weighted by atomic mass is 35.5. The van der Waals surface area contributed by atoms with Crippen LogP contribution >= 0.6 is 11.6 Å². The van der Waals surface area contributed by atoms with Gasteiger partial charge in [-0.25, -0.2) is 0 Å². The van der Waals surface area contributed by atoms with Crippen LogP contribution in [0, 0.1) is 5.41 Å². The monoisotopic (exact) mass is 295 g/mol. The van der Waals surface area contributed by atoms with Crippen molar-refractivity contribution in [2.45, 2.75) is 53.0 Å². The van der Waals surface area contributed by atoms with Crippen LogP contribution in [-0.4, -0.2) is 13.2 Å². The molecule has 20 heavy (non-hydrogen) atoms. The summed E-state index contributed by atoms with van der Waals surface area (Å²) in [4.78, 5) is 0. The Kier molecular flexibility index (Phi) is 4.98. The maximum absolute atomic E-state index is 6.29. The van der Waals surface area contributed by atoms with Crippen LogP contribution in [0.5, 0.6) is 5.75 Å². The van der Waals surface area contributed by atoms with Crippen LogP contribution in [0.4, 0.5) is 0 Å². The number of fused-ring (bicyclic) bond motifs is 1. The third-order valence-electron chi connectivity index (χ3n) is 3.61. The van der Waals surface area contributed by atoms with Crippen LogP contribution in [0.1, 0.15) is 57.7 Å². The summed E-state index contributed by atoms with van der Waals surface area (Å²) in [5.41, 5.74) is 2.75. The van der Waals surface area contributed by atoms with E-state index < -0.39 is 0 Å². The molecule has 0 aromatic heterocycles. The lowest BCUT2D eigenvalue weighted by Crippen LogP contribution is -2.26. The maximum Gasteiger partial charge on any atom is 0.127 e. The van der Waals surface area contributed by atoms with Crippen LogP contribution < -0.4 is 10.1 Å². The fourth-order valence-electron chi connectivity index (χ4n) is 2.78. The second kappa shape index (κ2) is 6.36. The largest absolute Gasteiger partial charge is 0.493 e. The number of halogens is 1. The quantitative estimate of drug-likeness (QED) is 0.846. The molecule has 1 aromatic rings. The summed E-state index contributed by atoms with van der Waals surface area (Å²) in [6.45, 7) is 10.8. The molecule has 112 valence electrons. The molecule has 2 rings (SSSR count). The molecule has 0 bridgehead atoms. The van der Waals surface area contributed by atoms with Crippen LogP contribution in [0.25, 0.3) is 0 Å². The summed E-state index contributed by atoms with van der Waals surface area (Å²) in [5, 5.41) is 4.48. The van der Waals surface area contributed by atoms with E-state index in [2.05, 4.69) is 39.1 Å². The zero-order valence-electron chi connectivity index (χ0n) is 13.1. The molecule has 1 N–H and O–H groups in total. The number of nitrogens with one attached hydrogen (secondary N) is 1. The zero-order valence-corrected chi connectivity index (χ0v) is 13.8. The normalized spacial score (nSPS) is 15.8. The van der Waals surface area contributed by atoms with E-state index in [1.807, 2.05) is 6.07 Å². The third-order valence-corrected chi connectivity index (χ3v) is 3.83. The third kappa shape index (κ3) is 3.89. The van der Waals surface area contributed by atoms with Gasteiger partial charge in [-0.05, 0) is 42.5 Å². The van der Waals surface area contributed by atoms with Crippen molar-refractivity contribution in [1.82, 2.24) is 5.32 Å².